The van der Waals surface area contributed by atoms with E-state index < -0.39 is 0 Å². The van der Waals surface area contributed by atoms with E-state index >= 15 is 0 Å². The fraction of sp³-hybridized carbons (Fsp3) is 0.264. The van der Waals surface area contributed by atoms with Gasteiger partial charge in [0, 0.05) is 89.2 Å². The van der Waals surface area contributed by atoms with Crippen LogP contribution in [0.1, 0.15) is 95.6 Å². The smallest absolute Gasteiger partial charge is 0.214 e. The summed E-state index contributed by atoms with van der Waals surface area (Å²) < 4.78 is 10.7. The molecule has 0 N–H and O–H groups in total. The molecule has 0 bridgehead atoms. The summed E-state index contributed by atoms with van der Waals surface area (Å²) in [4.78, 5) is 9.08. The zero-order valence-electron chi connectivity index (χ0n) is 50.3. The minimum atomic E-state index is 0.473. The van der Waals surface area contributed by atoms with Crippen molar-refractivity contribution in [3.63, 3.8) is 0 Å². The van der Waals surface area contributed by atoms with Gasteiger partial charge in [-0.15, -0.1) is 0 Å². The van der Waals surface area contributed by atoms with Crippen LogP contribution in [0.2, 0.25) is 0 Å². The normalized spacial score (nSPS) is 10.6. The van der Waals surface area contributed by atoms with Gasteiger partial charge in [0.15, 0.2) is 31.0 Å². The fourth-order valence-electron chi connectivity index (χ4n) is 9.90. The lowest BCUT2D eigenvalue weighted by molar-refractivity contribution is -0.660. The van der Waals surface area contributed by atoms with E-state index in [-0.39, 0.29) is 0 Å². The van der Waals surface area contributed by atoms with E-state index in [9.17, 15) is 0 Å². The average Bonchev–Trinajstić information content (AvgIpc) is 3.41. The first-order valence-electron chi connectivity index (χ1n) is 27.7. The van der Waals surface area contributed by atoms with E-state index in [1.54, 1.807) is 0 Å². The molecule has 79 heavy (non-hydrogen) atoms. The molecule has 0 amide bonds. The molecule has 0 aliphatic rings. The van der Waals surface area contributed by atoms with Crippen LogP contribution in [-0.2, 0) is 35.2 Å². The summed E-state index contributed by atoms with van der Waals surface area (Å²) in [5.74, 6) is 1.06. The lowest BCUT2D eigenvalue weighted by Crippen LogP contribution is -2.30. The Morgan fingerprint density at radius 2 is 0.734 bits per heavy atom. The Bertz CT molecular complexity index is 3540. The molecule has 0 fully saturated rings. The monoisotopic (exact) mass is 1050 g/mol. The summed E-state index contributed by atoms with van der Waals surface area (Å²) >= 11 is 0. The van der Waals surface area contributed by atoms with Gasteiger partial charge in [-0.2, -0.15) is 0 Å². The highest BCUT2D eigenvalue weighted by atomic mass is 14.9. The van der Waals surface area contributed by atoms with Crippen molar-refractivity contribution in [2.24, 2.45) is 35.2 Å². The zero-order chi connectivity index (χ0) is 57.3. The Balaban J connectivity index is 0.000000160. The standard InChI is InChI=1S/C16H21N2.C16H20N.C14H16N.C13H15N2.C13H14N/c1-11(2)14-10-12(3)16(13(4)17-14)15-8-6-7-9-18(15)5;1-12(2)14-8-9-15(13(3)11-14)16-7-5-6-10-17(16)4;1-11-7-8-13(12(2)10-11)14-6-4-5-9-15(14)3;1-10-7-8-14-11(2)13(10)12-6-4-5-9-15(12)3;1-11-7-3-4-8-12(11)13-9-5-6-10-14(13)2/h6-11H,1-5H3;5-12H,1-4H3;4-10H,1-3H3;4-9H,1-3H3;3-10H,1-2H3/q5*+1. The highest BCUT2D eigenvalue weighted by molar-refractivity contribution is 5.65. The third-order valence-electron chi connectivity index (χ3n) is 14.4. The van der Waals surface area contributed by atoms with Gasteiger partial charge in [0.05, 0.1) is 22.5 Å². The predicted molar refractivity (Wildman–Crippen MR) is 327 cm³/mol. The molecule has 3 aromatic carbocycles. The summed E-state index contributed by atoms with van der Waals surface area (Å²) in [6.07, 6.45) is 12.2. The van der Waals surface area contributed by atoms with Crippen LogP contribution in [0.4, 0.5) is 0 Å². The van der Waals surface area contributed by atoms with Gasteiger partial charge in [-0.25, -0.2) is 22.8 Å². The van der Waals surface area contributed by atoms with Crippen molar-refractivity contribution in [3.8, 4) is 56.3 Å². The molecule has 7 aromatic heterocycles. The molecule has 7 heterocycles. The lowest BCUT2D eigenvalue weighted by atomic mass is 9.96. The van der Waals surface area contributed by atoms with Crippen LogP contribution < -0.4 is 22.8 Å². The van der Waals surface area contributed by atoms with Crippen molar-refractivity contribution in [1.29, 1.82) is 0 Å². The average molecular weight is 1050 g/mol. The summed E-state index contributed by atoms with van der Waals surface area (Å²) in [5, 5.41) is 0. The number of aryl methyl sites for hydroxylation is 13. The van der Waals surface area contributed by atoms with Crippen molar-refractivity contribution < 1.29 is 22.8 Å². The molecule has 0 spiro atoms. The SMILES string of the molecule is Cc1cc(C(C)C)ccc1-c1cccc[n+]1C.Cc1cc(C(C)C)nc(C)c1-c1cccc[n+]1C.Cc1ccc(-c2cccc[n+]2C)c(C)c1.Cc1ccccc1-c1cccc[n+]1C.Cc1ccnc(C)c1-c1cccc[n+]1C. The Morgan fingerprint density at radius 1 is 0.329 bits per heavy atom. The molecule has 7 heteroatoms. The third kappa shape index (κ3) is 15.9. The quantitative estimate of drug-likeness (QED) is 0.149. The van der Waals surface area contributed by atoms with Crippen molar-refractivity contribution in [2.45, 2.75) is 94.9 Å². The first-order valence-corrected chi connectivity index (χ1v) is 27.7. The van der Waals surface area contributed by atoms with Gasteiger partial charge in [0.2, 0.25) is 28.5 Å². The number of hydrogen-bond acceptors (Lipinski definition) is 2. The summed E-state index contributed by atoms with van der Waals surface area (Å²) in [6.45, 7) is 25.9. The van der Waals surface area contributed by atoms with Gasteiger partial charge >= 0.3 is 0 Å². The minimum absolute atomic E-state index is 0.473. The van der Waals surface area contributed by atoms with E-state index in [1.807, 2.05) is 30.5 Å². The maximum Gasteiger partial charge on any atom is 0.214 e. The van der Waals surface area contributed by atoms with E-state index in [2.05, 4.69) is 317 Å². The van der Waals surface area contributed by atoms with Crippen molar-refractivity contribution in [2.75, 3.05) is 0 Å². The molecule has 404 valence electrons. The lowest BCUT2D eigenvalue weighted by Gasteiger charge is -2.12. The zero-order valence-corrected chi connectivity index (χ0v) is 50.3. The van der Waals surface area contributed by atoms with Crippen molar-refractivity contribution in [1.82, 2.24) is 9.97 Å². The van der Waals surface area contributed by atoms with Crippen LogP contribution in [0, 0.1) is 55.4 Å². The Kier molecular flexibility index (Phi) is 21.5. The van der Waals surface area contributed by atoms with Gasteiger partial charge in [0.25, 0.3) is 0 Å². The molecule has 0 aliphatic carbocycles. The third-order valence-corrected chi connectivity index (χ3v) is 14.4. The second kappa shape index (κ2) is 28.4. The predicted octanol–water partition coefficient (Wildman–Crippen LogP) is 14.4. The Labute approximate surface area is 473 Å². The first kappa shape index (κ1) is 59.9. The molecule has 0 aliphatic heterocycles. The summed E-state index contributed by atoms with van der Waals surface area (Å²) in [7, 11) is 10.4. The molecule has 7 nitrogen and oxygen atoms in total. The van der Waals surface area contributed by atoms with Crippen LogP contribution in [0.25, 0.3) is 56.3 Å². The van der Waals surface area contributed by atoms with Gasteiger partial charge in [-0.1, -0.05) is 75.7 Å². The summed E-state index contributed by atoms with van der Waals surface area (Å²) in [6, 6.07) is 57.4. The minimum Gasteiger partial charge on any atom is -0.261 e. The molecule has 0 saturated heterocycles. The van der Waals surface area contributed by atoms with Crippen LogP contribution in [0.5, 0.6) is 0 Å². The van der Waals surface area contributed by atoms with E-state index in [4.69, 9.17) is 4.98 Å². The largest absolute Gasteiger partial charge is 0.261 e. The van der Waals surface area contributed by atoms with E-state index in [0.29, 0.717) is 11.8 Å². The number of aromatic nitrogens is 7. The Morgan fingerprint density at radius 3 is 1.13 bits per heavy atom. The van der Waals surface area contributed by atoms with E-state index in [0.717, 1.165) is 11.4 Å². The maximum absolute atomic E-state index is 4.74. The second-order valence-corrected chi connectivity index (χ2v) is 21.4. The number of benzene rings is 3. The topological polar surface area (TPSA) is 45.2 Å². The van der Waals surface area contributed by atoms with Crippen LogP contribution in [0.15, 0.2) is 201 Å². The highest BCUT2D eigenvalue weighted by Crippen LogP contribution is 2.28. The van der Waals surface area contributed by atoms with Gasteiger partial charge in [-0.05, 0) is 161 Å². The van der Waals surface area contributed by atoms with Crippen LogP contribution in [0.3, 0.4) is 0 Å². The van der Waals surface area contributed by atoms with Crippen molar-refractivity contribution >= 4 is 0 Å². The molecular weight excluding hydrogens is 963 g/mol. The molecule has 0 atom stereocenters. The van der Waals surface area contributed by atoms with Gasteiger partial charge in [0.1, 0.15) is 35.2 Å². The number of nitrogens with zero attached hydrogens (tertiary/aromatic N) is 7. The summed E-state index contributed by atoms with van der Waals surface area (Å²) in [5.41, 5.74) is 25.3. The number of hydrogen-bond donors (Lipinski definition) is 0. The van der Waals surface area contributed by atoms with Crippen LogP contribution in [-0.4, -0.2) is 9.97 Å². The first-order chi connectivity index (χ1) is 37.8. The highest BCUT2D eigenvalue weighted by Gasteiger charge is 2.18. The fourth-order valence-corrected chi connectivity index (χ4v) is 9.90. The number of rotatable bonds is 7. The molecule has 0 saturated carbocycles. The van der Waals surface area contributed by atoms with Gasteiger partial charge in [-0.3, -0.25) is 9.97 Å². The second-order valence-electron chi connectivity index (χ2n) is 21.4. The number of pyridine rings is 7. The van der Waals surface area contributed by atoms with Crippen LogP contribution >= 0.6 is 0 Å². The van der Waals surface area contributed by atoms with Crippen molar-refractivity contribution in [3.05, 3.63) is 257 Å². The molecule has 10 aromatic rings. The van der Waals surface area contributed by atoms with E-state index in [1.165, 1.54) is 101 Å². The molecule has 0 radical (unpaired) electrons. The maximum atomic E-state index is 4.74. The Hall–Kier alpha value is -8.29. The molecule has 10 rings (SSSR count). The van der Waals surface area contributed by atoms with Gasteiger partial charge < -0.3 is 0 Å². The molecular formula is C72H86N7+5. The molecule has 0 unspecified atom stereocenters.